The molecule has 1 heterocycles. The number of carbonyl (C=O) groups is 1. The quantitative estimate of drug-likeness (QED) is 0.758. The van der Waals surface area contributed by atoms with E-state index >= 15 is 0 Å². The van der Waals surface area contributed by atoms with E-state index in [1.807, 2.05) is 0 Å². The van der Waals surface area contributed by atoms with Gasteiger partial charge < -0.3 is 10.1 Å². The molecule has 1 aliphatic heterocycles. The molecule has 0 bridgehead atoms. The maximum absolute atomic E-state index is 12.6. The number of nitrogens with one attached hydrogen (secondary N) is 1. The lowest BCUT2D eigenvalue weighted by Crippen LogP contribution is -2.51. The van der Waals surface area contributed by atoms with Gasteiger partial charge >= 0.3 is 0 Å². The van der Waals surface area contributed by atoms with Crippen molar-refractivity contribution in [1.29, 1.82) is 0 Å². The van der Waals surface area contributed by atoms with Crippen LogP contribution in [0.3, 0.4) is 0 Å². The number of rotatable bonds is 4. The van der Waals surface area contributed by atoms with Crippen LogP contribution in [0.4, 0.5) is 0 Å². The van der Waals surface area contributed by atoms with E-state index in [-0.39, 0.29) is 12.0 Å². The van der Waals surface area contributed by atoms with Crippen LogP contribution in [0, 0.1) is 0 Å². The highest BCUT2D eigenvalue weighted by Crippen LogP contribution is 2.36. The second kappa shape index (κ2) is 7.69. The minimum Gasteiger partial charge on any atom is -0.366 e. The highest BCUT2D eigenvalue weighted by Gasteiger charge is 2.29. The molecular weight excluding hydrogens is 348 g/mol. The molecule has 28 heavy (non-hydrogen) atoms. The number of morpholine rings is 1. The van der Waals surface area contributed by atoms with Crippen LogP contribution in [0.25, 0.3) is 11.1 Å². The maximum Gasteiger partial charge on any atom is 0.250 e. The summed E-state index contributed by atoms with van der Waals surface area (Å²) in [5.41, 5.74) is 6.91. The maximum atomic E-state index is 12.6. The van der Waals surface area contributed by atoms with Crippen LogP contribution in [0.15, 0.2) is 42.5 Å². The first kappa shape index (κ1) is 17.9. The van der Waals surface area contributed by atoms with Crippen LogP contribution < -0.4 is 5.32 Å². The highest BCUT2D eigenvalue weighted by atomic mass is 16.5. The van der Waals surface area contributed by atoms with Gasteiger partial charge in [-0.25, -0.2) is 0 Å². The molecule has 4 nitrogen and oxygen atoms in total. The average molecular weight is 377 g/mol. The Morgan fingerprint density at radius 2 is 1.89 bits per heavy atom. The first-order chi connectivity index (χ1) is 13.8. The molecule has 1 saturated heterocycles. The predicted octanol–water partition coefficient (Wildman–Crippen LogP) is 3.52. The Morgan fingerprint density at radius 1 is 1.07 bits per heavy atom. The number of fused-ring (bicyclic) bond motifs is 3. The number of amides is 1. The number of ether oxygens (including phenoxy) is 1. The molecule has 4 heteroatoms. The highest BCUT2D eigenvalue weighted by molar-refractivity contribution is 5.81. The fraction of sp³-hybridized carbons (Fsp3) is 0.458. The van der Waals surface area contributed by atoms with Gasteiger partial charge in [0.2, 0.25) is 0 Å². The first-order valence-corrected chi connectivity index (χ1v) is 10.6. The molecule has 0 radical (unpaired) electrons. The molecule has 2 aromatic rings. The lowest BCUT2D eigenvalue weighted by Gasteiger charge is -2.32. The van der Waals surface area contributed by atoms with Crippen molar-refractivity contribution in [1.82, 2.24) is 10.2 Å². The van der Waals surface area contributed by atoms with Crippen molar-refractivity contribution in [3.05, 3.63) is 59.2 Å². The van der Waals surface area contributed by atoms with Gasteiger partial charge in [-0.2, -0.15) is 0 Å². The molecule has 1 amide bonds. The third kappa shape index (κ3) is 3.59. The summed E-state index contributed by atoms with van der Waals surface area (Å²) in [4.78, 5) is 14.9. The van der Waals surface area contributed by atoms with Crippen LogP contribution in [0.5, 0.6) is 0 Å². The number of nitrogens with zero attached hydrogens (tertiary/aromatic N) is 1. The van der Waals surface area contributed by atoms with E-state index in [1.165, 1.54) is 40.7 Å². The molecular formula is C24H28N2O2. The van der Waals surface area contributed by atoms with Gasteiger partial charge in [-0.3, -0.25) is 9.69 Å². The van der Waals surface area contributed by atoms with E-state index in [1.54, 1.807) is 0 Å². The monoisotopic (exact) mass is 376 g/mol. The fourth-order valence-corrected chi connectivity index (χ4v) is 4.92. The zero-order valence-electron chi connectivity index (χ0n) is 16.3. The summed E-state index contributed by atoms with van der Waals surface area (Å²) in [5, 5.41) is 3.19. The minimum atomic E-state index is -0.340. The third-order valence-electron chi connectivity index (χ3n) is 6.41. The van der Waals surface area contributed by atoms with Gasteiger partial charge in [0.05, 0.1) is 6.61 Å². The largest absolute Gasteiger partial charge is 0.366 e. The topological polar surface area (TPSA) is 41.6 Å². The second-order valence-corrected chi connectivity index (χ2v) is 8.41. The van der Waals surface area contributed by atoms with Crippen LogP contribution in [-0.4, -0.2) is 42.6 Å². The predicted molar refractivity (Wildman–Crippen MR) is 110 cm³/mol. The Morgan fingerprint density at radius 3 is 2.79 bits per heavy atom. The van der Waals surface area contributed by atoms with E-state index in [9.17, 15) is 4.79 Å². The molecule has 2 fully saturated rings. The van der Waals surface area contributed by atoms with Crippen molar-refractivity contribution in [2.24, 2.45) is 0 Å². The SMILES string of the molecule is O=C(NC1CCCC1)C1CN(Cc2ccc3c(c2)Cc2ccccc2-3)CCO1. The Bertz CT molecular complexity index is 873. The third-order valence-corrected chi connectivity index (χ3v) is 6.41. The van der Waals surface area contributed by atoms with Crippen LogP contribution >= 0.6 is 0 Å². The lowest BCUT2D eigenvalue weighted by atomic mass is 10.0. The van der Waals surface area contributed by atoms with Gasteiger partial charge in [0.15, 0.2) is 0 Å². The summed E-state index contributed by atoms with van der Waals surface area (Å²) in [5.74, 6) is 0.0704. The van der Waals surface area contributed by atoms with E-state index in [0.29, 0.717) is 19.2 Å². The molecule has 1 N–H and O–H groups in total. The molecule has 0 aromatic heterocycles. The summed E-state index contributed by atoms with van der Waals surface area (Å²) < 4.78 is 5.78. The van der Waals surface area contributed by atoms with Gasteiger partial charge in [-0.15, -0.1) is 0 Å². The van der Waals surface area contributed by atoms with Crippen molar-refractivity contribution >= 4 is 5.91 Å². The van der Waals surface area contributed by atoms with E-state index in [4.69, 9.17) is 4.74 Å². The van der Waals surface area contributed by atoms with E-state index in [0.717, 1.165) is 32.4 Å². The van der Waals surface area contributed by atoms with Gasteiger partial charge in [0, 0.05) is 25.7 Å². The number of hydrogen-bond acceptors (Lipinski definition) is 3. The average Bonchev–Trinajstić information content (AvgIpc) is 3.35. The summed E-state index contributed by atoms with van der Waals surface area (Å²) in [6.45, 7) is 3.06. The standard InChI is InChI=1S/C24H28N2O2/c27-24(25-20-6-2-3-7-20)23-16-26(11-12-28-23)15-17-9-10-22-19(13-17)14-18-5-1-4-8-21(18)22/h1,4-5,8-10,13,20,23H,2-3,6-7,11-12,14-16H2,(H,25,27). The van der Waals surface area contributed by atoms with Gasteiger partial charge in [0.1, 0.15) is 6.10 Å². The Hall–Kier alpha value is -2.17. The molecule has 146 valence electrons. The fourth-order valence-electron chi connectivity index (χ4n) is 4.92. The van der Waals surface area contributed by atoms with Crippen LogP contribution in [0.2, 0.25) is 0 Å². The molecule has 1 atom stereocenters. The smallest absolute Gasteiger partial charge is 0.250 e. The lowest BCUT2D eigenvalue weighted by molar-refractivity contribution is -0.139. The summed E-state index contributed by atoms with van der Waals surface area (Å²) in [7, 11) is 0. The summed E-state index contributed by atoms with van der Waals surface area (Å²) in [6, 6.07) is 15.9. The molecule has 1 unspecified atom stereocenters. The summed E-state index contributed by atoms with van der Waals surface area (Å²) >= 11 is 0. The van der Waals surface area contributed by atoms with Gasteiger partial charge in [0.25, 0.3) is 5.91 Å². The molecule has 2 aromatic carbocycles. The van der Waals surface area contributed by atoms with E-state index in [2.05, 4.69) is 52.7 Å². The summed E-state index contributed by atoms with van der Waals surface area (Å²) in [6.07, 6.45) is 5.36. The number of carbonyl (C=O) groups excluding carboxylic acids is 1. The van der Waals surface area contributed by atoms with Gasteiger partial charge in [-0.05, 0) is 47.1 Å². The normalized spacial score (nSPS) is 22.1. The molecule has 3 aliphatic rings. The molecule has 2 aliphatic carbocycles. The van der Waals surface area contributed by atoms with Crippen molar-refractivity contribution in [2.75, 3.05) is 19.7 Å². The van der Waals surface area contributed by atoms with E-state index < -0.39 is 0 Å². The number of hydrogen-bond donors (Lipinski definition) is 1. The number of benzene rings is 2. The van der Waals surface area contributed by atoms with Crippen LogP contribution in [0.1, 0.15) is 42.4 Å². The second-order valence-electron chi connectivity index (χ2n) is 8.41. The van der Waals surface area contributed by atoms with Crippen LogP contribution in [-0.2, 0) is 22.5 Å². The Kier molecular flexibility index (Phi) is 4.91. The van der Waals surface area contributed by atoms with Crippen molar-refractivity contribution in [2.45, 2.75) is 50.8 Å². The van der Waals surface area contributed by atoms with Crippen molar-refractivity contribution in [3.63, 3.8) is 0 Å². The molecule has 5 rings (SSSR count). The molecule has 0 spiro atoms. The zero-order chi connectivity index (χ0) is 18.9. The first-order valence-electron chi connectivity index (χ1n) is 10.6. The van der Waals surface area contributed by atoms with Crippen molar-refractivity contribution in [3.8, 4) is 11.1 Å². The minimum absolute atomic E-state index is 0.0704. The molecule has 1 saturated carbocycles. The Balaban J connectivity index is 1.23. The van der Waals surface area contributed by atoms with Gasteiger partial charge in [-0.1, -0.05) is 55.3 Å². The van der Waals surface area contributed by atoms with Crippen molar-refractivity contribution < 1.29 is 9.53 Å². The Labute approximate surface area is 166 Å². The zero-order valence-corrected chi connectivity index (χ0v) is 16.3.